The van der Waals surface area contributed by atoms with Gasteiger partial charge >= 0.3 is 0 Å². The number of nitrogens with zero attached hydrogens (tertiary/aromatic N) is 1. The number of hydrogen-bond donors (Lipinski definition) is 1. The Kier molecular flexibility index (Phi) is 1.89. The monoisotopic (exact) mass is 151 g/mol. The summed E-state index contributed by atoms with van der Waals surface area (Å²) in [5.41, 5.74) is 1.60. The van der Waals surface area contributed by atoms with Gasteiger partial charge in [0.25, 0.3) is 0 Å². The molecule has 0 heterocycles. The maximum absolute atomic E-state index is 10.1. The van der Waals surface area contributed by atoms with E-state index in [0.717, 1.165) is 5.56 Å². The largest absolute Gasteiger partial charge is 0.507 e. The van der Waals surface area contributed by atoms with Gasteiger partial charge in [0.1, 0.15) is 11.4 Å². The lowest BCUT2D eigenvalue weighted by Gasteiger charge is -2.02. The van der Waals surface area contributed by atoms with E-state index in [9.17, 15) is 10.0 Å². The third kappa shape index (κ3) is 1.22. The molecule has 3 nitrogen and oxygen atoms in total. The molecule has 11 heavy (non-hydrogen) atoms. The van der Waals surface area contributed by atoms with Gasteiger partial charge in [-0.05, 0) is 30.7 Å². The van der Waals surface area contributed by atoms with Crippen molar-refractivity contribution in [3.8, 4) is 5.75 Å². The van der Waals surface area contributed by atoms with Crippen LogP contribution in [0.15, 0.2) is 17.3 Å². The average Bonchev–Trinajstić information content (AvgIpc) is 2.01. The van der Waals surface area contributed by atoms with E-state index in [2.05, 4.69) is 5.18 Å². The minimum absolute atomic E-state index is 0.155. The smallest absolute Gasteiger partial charge is 0.123 e. The van der Waals surface area contributed by atoms with E-state index in [-0.39, 0.29) is 5.75 Å². The fraction of sp³-hybridized carbons (Fsp3) is 0.250. The molecule has 0 aliphatic heterocycles. The molecule has 1 aromatic carbocycles. The lowest BCUT2D eigenvalue weighted by atomic mass is 10.1. The van der Waals surface area contributed by atoms with Crippen LogP contribution in [0.2, 0.25) is 0 Å². The molecule has 0 aromatic heterocycles. The third-order valence-corrected chi connectivity index (χ3v) is 1.70. The van der Waals surface area contributed by atoms with Crippen molar-refractivity contribution in [3.63, 3.8) is 0 Å². The zero-order valence-electron chi connectivity index (χ0n) is 6.46. The first-order valence-electron chi connectivity index (χ1n) is 3.29. The van der Waals surface area contributed by atoms with Crippen molar-refractivity contribution in [1.29, 1.82) is 0 Å². The molecule has 0 atom stereocenters. The molecule has 0 bridgehead atoms. The van der Waals surface area contributed by atoms with Crippen LogP contribution >= 0.6 is 0 Å². The van der Waals surface area contributed by atoms with Crippen molar-refractivity contribution >= 4 is 5.69 Å². The second kappa shape index (κ2) is 2.70. The first-order chi connectivity index (χ1) is 5.16. The average molecular weight is 151 g/mol. The minimum Gasteiger partial charge on any atom is -0.507 e. The molecule has 0 fully saturated rings. The van der Waals surface area contributed by atoms with Crippen LogP contribution in [0.25, 0.3) is 0 Å². The Hall–Kier alpha value is -1.38. The highest BCUT2D eigenvalue weighted by Crippen LogP contribution is 2.29. The van der Waals surface area contributed by atoms with Crippen LogP contribution in [0, 0.1) is 18.8 Å². The van der Waals surface area contributed by atoms with Crippen LogP contribution in [0.1, 0.15) is 11.1 Å². The molecule has 0 saturated heterocycles. The number of phenolic OH excluding ortho intramolecular Hbond substituents is 1. The Morgan fingerprint density at radius 2 is 2.00 bits per heavy atom. The van der Waals surface area contributed by atoms with Crippen molar-refractivity contribution in [1.82, 2.24) is 0 Å². The molecule has 0 aliphatic rings. The lowest BCUT2D eigenvalue weighted by molar-refractivity contribution is 0.467. The van der Waals surface area contributed by atoms with Gasteiger partial charge in [-0.2, -0.15) is 0 Å². The summed E-state index contributed by atoms with van der Waals surface area (Å²) in [5, 5.41) is 12.1. The summed E-state index contributed by atoms with van der Waals surface area (Å²) in [4.78, 5) is 10.1. The predicted molar refractivity (Wildman–Crippen MR) is 43.0 cm³/mol. The SMILES string of the molecule is Cc1ccc(N=O)c(C)c1O. The van der Waals surface area contributed by atoms with Gasteiger partial charge in [0, 0.05) is 5.56 Å². The maximum Gasteiger partial charge on any atom is 0.123 e. The van der Waals surface area contributed by atoms with E-state index in [1.54, 1.807) is 26.0 Å². The van der Waals surface area contributed by atoms with Gasteiger partial charge in [-0.15, -0.1) is 4.91 Å². The number of aryl methyl sites for hydroxylation is 1. The molecule has 0 saturated carbocycles. The predicted octanol–water partition coefficient (Wildman–Crippen LogP) is 2.41. The van der Waals surface area contributed by atoms with Crippen LogP contribution in [-0.4, -0.2) is 5.11 Å². The van der Waals surface area contributed by atoms with Gasteiger partial charge in [0.2, 0.25) is 0 Å². The van der Waals surface area contributed by atoms with E-state index < -0.39 is 0 Å². The first kappa shape index (κ1) is 7.72. The van der Waals surface area contributed by atoms with Crippen LogP contribution in [0.5, 0.6) is 5.75 Å². The number of hydrogen-bond acceptors (Lipinski definition) is 3. The number of rotatable bonds is 1. The molecule has 0 unspecified atom stereocenters. The van der Waals surface area contributed by atoms with Gasteiger partial charge in [-0.1, -0.05) is 6.07 Å². The number of nitroso groups, excluding NO2 is 1. The fourth-order valence-electron chi connectivity index (χ4n) is 0.924. The number of aromatic hydroxyl groups is 1. The third-order valence-electron chi connectivity index (χ3n) is 1.70. The lowest BCUT2D eigenvalue weighted by Crippen LogP contribution is -1.79. The maximum atomic E-state index is 10.1. The molecule has 0 amide bonds. The standard InChI is InChI=1S/C8H9NO2/c1-5-3-4-7(9-11)6(2)8(5)10/h3-4,10H,1-2H3. The van der Waals surface area contributed by atoms with Crippen molar-refractivity contribution in [3.05, 3.63) is 28.2 Å². The van der Waals surface area contributed by atoms with Crippen molar-refractivity contribution in [2.24, 2.45) is 5.18 Å². The molecule has 0 radical (unpaired) electrons. The summed E-state index contributed by atoms with van der Waals surface area (Å²) >= 11 is 0. The number of benzene rings is 1. The highest BCUT2D eigenvalue weighted by Gasteiger charge is 2.04. The normalized spacial score (nSPS) is 9.64. The summed E-state index contributed by atoms with van der Waals surface area (Å²) in [7, 11) is 0. The summed E-state index contributed by atoms with van der Waals surface area (Å²) < 4.78 is 0. The topological polar surface area (TPSA) is 49.7 Å². The summed E-state index contributed by atoms with van der Waals surface area (Å²) in [6.07, 6.45) is 0. The molecule has 0 spiro atoms. The van der Waals surface area contributed by atoms with Crippen LogP contribution < -0.4 is 0 Å². The summed E-state index contributed by atoms with van der Waals surface area (Å²) in [5.74, 6) is 0.155. The van der Waals surface area contributed by atoms with Crippen LogP contribution in [-0.2, 0) is 0 Å². The molecule has 1 rings (SSSR count). The molecule has 3 heteroatoms. The highest BCUT2D eigenvalue weighted by molar-refractivity contribution is 5.55. The van der Waals surface area contributed by atoms with E-state index in [1.807, 2.05) is 0 Å². The van der Waals surface area contributed by atoms with Crippen molar-refractivity contribution < 1.29 is 5.11 Å². The van der Waals surface area contributed by atoms with Gasteiger partial charge < -0.3 is 5.11 Å². The second-order valence-electron chi connectivity index (χ2n) is 2.47. The molecule has 1 aromatic rings. The molecular formula is C8H9NO2. The second-order valence-corrected chi connectivity index (χ2v) is 2.47. The quantitative estimate of drug-likeness (QED) is 0.626. The zero-order chi connectivity index (χ0) is 8.43. The Morgan fingerprint density at radius 1 is 1.36 bits per heavy atom. The van der Waals surface area contributed by atoms with Gasteiger partial charge in [0.05, 0.1) is 0 Å². The van der Waals surface area contributed by atoms with Gasteiger partial charge in [-0.25, -0.2) is 0 Å². The Balaban J connectivity index is 3.36. The van der Waals surface area contributed by atoms with E-state index in [4.69, 9.17) is 0 Å². The Bertz CT molecular complexity index is 294. The molecule has 1 N–H and O–H groups in total. The van der Waals surface area contributed by atoms with Gasteiger partial charge in [-0.3, -0.25) is 0 Å². The van der Waals surface area contributed by atoms with E-state index in [1.165, 1.54) is 0 Å². The minimum atomic E-state index is 0.155. The van der Waals surface area contributed by atoms with E-state index in [0.29, 0.717) is 11.3 Å². The zero-order valence-corrected chi connectivity index (χ0v) is 6.46. The van der Waals surface area contributed by atoms with Crippen LogP contribution in [0.3, 0.4) is 0 Å². The number of phenols is 1. The summed E-state index contributed by atoms with van der Waals surface area (Å²) in [6, 6.07) is 3.26. The highest BCUT2D eigenvalue weighted by atomic mass is 16.3. The summed E-state index contributed by atoms with van der Waals surface area (Å²) in [6.45, 7) is 3.44. The molecule has 58 valence electrons. The van der Waals surface area contributed by atoms with Crippen molar-refractivity contribution in [2.75, 3.05) is 0 Å². The fourth-order valence-corrected chi connectivity index (χ4v) is 0.924. The van der Waals surface area contributed by atoms with E-state index >= 15 is 0 Å². The van der Waals surface area contributed by atoms with Crippen molar-refractivity contribution in [2.45, 2.75) is 13.8 Å². The van der Waals surface area contributed by atoms with Gasteiger partial charge in [0.15, 0.2) is 0 Å². The van der Waals surface area contributed by atoms with Crippen LogP contribution in [0.4, 0.5) is 5.69 Å². The Morgan fingerprint density at radius 3 is 2.55 bits per heavy atom. The first-order valence-corrected chi connectivity index (χ1v) is 3.29. The Labute approximate surface area is 64.7 Å². The molecular weight excluding hydrogens is 142 g/mol. The molecule has 0 aliphatic carbocycles.